The summed E-state index contributed by atoms with van der Waals surface area (Å²) in [7, 11) is 3.83. The maximum absolute atomic E-state index is 5.48. The molecular weight excluding hydrogens is 312 g/mol. The maximum Gasteiger partial charge on any atom is 0.158 e. The predicted molar refractivity (Wildman–Crippen MR) is 102 cm³/mol. The van der Waals surface area contributed by atoms with Gasteiger partial charge in [0, 0.05) is 14.2 Å². The van der Waals surface area contributed by atoms with Crippen LogP contribution in [0.5, 0.6) is 0 Å². The zero-order valence-electron chi connectivity index (χ0n) is 13.7. The summed E-state index contributed by atoms with van der Waals surface area (Å²) < 4.78 is 11.0. The molecule has 4 aromatic rings. The molecule has 4 aromatic carbocycles. The molecule has 24 heavy (non-hydrogen) atoms. The van der Waals surface area contributed by atoms with E-state index in [9.17, 15) is 0 Å². The molecule has 118 valence electrons. The van der Waals surface area contributed by atoms with Crippen molar-refractivity contribution >= 4 is 47.0 Å². The lowest BCUT2D eigenvalue weighted by molar-refractivity contribution is -0.0428. The predicted octanol–water partition coefficient (Wildman–Crippen LogP) is 4.05. The topological polar surface area (TPSA) is 18.5 Å². The number of hydrogen-bond donors (Lipinski definition) is 0. The van der Waals surface area contributed by atoms with Gasteiger partial charge in [-0.25, -0.2) is 0 Å². The second kappa shape index (κ2) is 6.36. The number of rotatable bonds is 4. The highest BCUT2D eigenvalue weighted by Crippen LogP contribution is 2.26. The summed E-state index contributed by atoms with van der Waals surface area (Å²) in [6, 6.07) is 23.9. The fourth-order valence-electron chi connectivity index (χ4n) is 3.24. The highest BCUT2D eigenvalue weighted by molar-refractivity contribution is 6.62. The van der Waals surface area contributed by atoms with Crippen LogP contribution < -0.4 is 5.19 Å². The lowest BCUT2D eigenvalue weighted by Crippen LogP contribution is -2.32. The minimum absolute atomic E-state index is 0.217. The van der Waals surface area contributed by atoms with Gasteiger partial charge in [0.15, 0.2) is 9.52 Å². The zero-order chi connectivity index (χ0) is 16.5. The van der Waals surface area contributed by atoms with Crippen LogP contribution in [0, 0.1) is 0 Å². The van der Waals surface area contributed by atoms with E-state index < -0.39 is 0 Å². The van der Waals surface area contributed by atoms with Gasteiger partial charge in [-0.15, -0.1) is 0 Å². The normalized spacial score (nSPS) is 11.8. The molecule has 0 amide bonds. The van der Waals surface area contributed by atoms with Crippen molar-refractivity contribution in [3.8, 4) is 0 Å². The molecule has 0 aliphatic heterocycles. The summed E-state index contributed by atoms with van der Waals surface area (Å²) >= 11 is 0. The first-order valence-corrected chi connectivity index (χ1v) is 9.04. The molecule has 0 saturated carbocycles. The molecule has 0 N–H and O–H groups in total. The molecule has 0 spiro atoms. The monoisotopic (exact) mass is 330 g/mol. The molecule has 0 unspecified atom stereocenters. The van der Waals surface area contributed by atoms with E-state index in [-0.39, 0.29) is 5.91 Å². The summed E-state index contributed by atoms with van der Waals surface area (Å²) in [5.74, 6) is -0.217. The first kappa shape index (κ1) is 15.3. The molecule has 0 heterocycles. The Labute approximate surface area is 143 Å². The van der Waals surface area contributed by atoms with Crippen molar-refractivity contribution in [3.05, 3.63) is 66.7 Å². The van der Waals surface area contributed by atoms with Crippen LogP contribution in [0.1, 0.15) is 0 Å². The van der Waals surface area contributed by atoms with E-state index in [1.807, 2.05) is 0 Å². The van der Waals surface area contributed by atoms with Crippen molar-refractivity contribution in [2.75, 3.05) is 14.2 Å². The Balaban J connectivity index is 2.07. The van der Waals surface area contributed by atoms with Crippen molar-refractivity contribution in [2.45, 2.75) is 5.91 Å². The molecule has 4 rings (SSSR count). The van der Waals surface area contributed by atoms with Crippen LogP contribution >= 0.6 is 0 Å². The minimum atomic E-state index is -0.217. The molecule has 0 aliphatic carbocycles. The van der Waals surface area contributed by atoms with Crippen LogP contribution in [-0.2, 0) is 9.47 Å². The molecule has 0 fully saturated rings. The van der Waals surface area contributed by atoms with Crippen LogP contribution in [0.3, 0.4) is 0 Å². The first-order chi connectivity index (χ1) is 11.8. The molecule has 0 aliphatic rings. The molecule has 0 bridgehead atoms. The summed E-state index contributed by atoms with van der Waals surface area (Å²) in [6.45, 7) is 0. The van der Waals surface area contributed by atoms with E-state index in [4.69, 9.17) is 9.47 Å². The van der Waals surface area contributed by atoms with E-state index >= 15 is 0 Å². The second-order valence-electron chi connectivity index (χ2n) is 5.84. The Morgan fingerprint density at radius 2 is 1.25 bits per heavy atom. The van der Waals surface area contributed by atoms with Crippen LogP contribution in [0.15, 0.2) is 66.7 Å². The Kier molecular flexibility index (Phi) is 4.06. The van der Waals surface area contributed by atoms with E-state index in [0.717, 1.165) is 0 Å². The van der Waals surface area contributed by atoms with E-state index in [1.54, 1.807) is 14.2 Å². The molecule has 3 heteroatoms. The van der Waals surface area contributed by atoms with Gasteiger partial charge in [0.1, 0.15) is 5.91 Å². The van der Waals surface area contributed by atoms with Crippen LogP contribution in [0.4, 0.5) is 0 Å². The van der Waals surface area contributed by atoms with Gasteiger partial charge >= 0.3 is 0 Å². The van der Waals surface area contributed by atoms with Gasteiger partial charge < -0.3 is 9.47 Å². The summed E-state index contributed by atoms with van der Waals surface area (Å²) in [5, 5.41) is 8.92. The smallest absolute Gasteiger partial charge is 0.158 e. The standard InChI is InChI=1S/C21H18O2Si/c1-22-21(23-2)24-20-18-10-6-5-9-16(18)12-17-11-14-7-3-4-8-15(14)13-19(17)20/h3-13,21H,1-2H3. The summed E-state index contributed by atoms with van der Waals surface area (Å²) in [6.07, 6.45) is 0. The van der Waals surface area contributed by atoms with Gasteiger partial charge in [-0.1, -0.05) is 48.5 Å². The maximum atomic E-state index is 5.48. The number of methoxy groups -OCH3 is 2. The van der Waals surface area contributed by atoms with Crippen molar-refractivity contribution < 1.29 is 9.47 Å². The third kappa shape index (κ3) is 2.61. The van der Waals surface area contributed by atoms with E-state index in [1.165, 1.54) is 37.5 Å². The molecule has 0 aromatic heterocycles. The Morgan fingerprint density at radius 1 is 0.667 bits per heavy atom. The number of fused-ring (bicyclic) bond motifs is 3. The Hall–Kier alpha value is -2.20. The number of ether oxygens (including phenoxy) is 2. The third-order valence-electron chi connectivity index (χ3n) is 4.42. The van der Waals surface area contributed by atoms with Gasteiger partial charge in [-0.2, -0.15) is 0 Å². The van der Waals surface area contributed by atoms with E-state index in [2.05, 4.69) is 66.7 Å². The summed E-state index contributed by atoms with van der Waals surface area (Å²) in [5.41, 5.74) is 0. The lowest BCUT2D eigenvalue weighted by atomic mass is 9.99. The zero-order valence-corrected chi connectivity index (χ0v) is 14.7. The molecule has 2 radical (unpaired) electrons. The Bertz CT molecular complexity index is 1020. The average Bonchev–Trinajstić information content (AvgIpc) is 2.63. The number of benzene rings is 4. The van der Waals surface area contributed by atoms with Crippen molar-refractivity contribution in [1.29, 1.82) is 0 Å². The first-order valence-electron chi connectivity index (χ1n) is 7.96. The van der Waals surface area contributed by atoms with Crippen LogP contribution in [-0.4, -0.2) is 29.7 Å². The third-order valence-corrected chi connectivity index (χ3v) is 5.95. The van der Waals surface area contributed by atoms with Gasteiger partial charge in [-0.05, 0) is 55.7 Å². The lowest BCUT2D eigenvalue weighted by Gasteiger charge is -2.17. The van der Waals surface area contributed by atoms with Gasteiger partial charge in [0.25, 0.3) is 0 Å². The molecule has 2 nitrogen and oxygen atoms in total. The largest absolute Gasteiger partial charge is 0.360 e. The van der Waals surface area contributed by atoms with Crippen LogP contribution in [0.2, 0.25) is 0 Å². The van der Waals surface area contributed by atoms with Gasteiger partial charge in [-0.3, -0.25) is 0 Å². The van der Waals surface area contributed by atoms with E-state index in [0.29, 0.717) is 9.52 Å². The quantitative estimate of drug-likeness (QED) is 0.319. The fraction of sp³-hybridized carbons (Fsp3) is 0.143. The molecule has 0 saturated heterocycles. The minimum Gasteiger partial charge on any atom is -0.360 e. The highest BCUT2D eigenvalue weighted by Gasteiger charge is 2.15. The highest BCUT2D eigenvalue weighted by atomic mass is 28.2. The second-order valence-corrected chi connectivity index (χ2v) is 7.10. The Morgan fingerprint density at radius 3 is 1.96 bits per heavy atom. The van der Waals surface area contributed by atoms with Crippen molar-refractivity contribution in [2.24, 2.45) is 0 Å². The van der Waals surface area contributed by atoms with Gasteiger partial charge in [0.2, 0.25) is 0 Å². The average molecular weight is 330 g/mol. The number of hydrogen-bond acceptors (Lipinski definition) is 2. The fourth-order valence-corrected chi connectivity index (χ4v) is 4.47. The molecule has 0 atom stereocenters. The molecular formula is C21H18O2Si. The van der Waals surface area contributed by atoms with Gasteiger partial charge in [0.05, 0.1) is 0 Å². The van der Waals surface area contributed by atoms with Crippen molar-refractivity contribution in [3.63, 3.8) is 0 Å². The SMILES string of the molecule is COC(OC)[Si]c1c2ccccc2cc2cc3ccccc3cc12. The van der Waals surface area contributed by atoms with Crippen LogP contribution in [0.25, 0.3) is 32.3 Å². The summed E-state index contributed by atoms with van der Waals surface area (Å²) in [4.78, 5) is 0. The van der Waals surface area contributed by atoms with Crippen molar-refractivity contribution in [1.82, 2.24) is 0 Å².